The van der Waals surface area contributed by atoms with Crippen LogP contribution in [-0.2, 0) is 4.74 Å². The van der Waals surface area contributed by atoms with Crippen molar-refractivity contribution in [1.29, 1.82) is 0 Å². The van der Waals surface area contributed by atoms with E-state index in [2.05, 4.69) is 5.32 Å². The topological polar surface area (TPSA) is 64.3 Å². The molecule has 1 aliphatic rings. The van der Waals surface area contributed by atoms with Crippen molar-refractivity contribution in [3.63, 3.8) is 0 Å². The van der Waals surface area contributed by atoms with E-state index in [-0.39, 0.29) is 5.60 Å². The van der Waals surface area contributed by atoms with Gasteiger partial charge in [-0.25, -0.2) is 0 Å². The highest BCUT2D eigenvalue weighted by Crippen LogP contribution is 2.23. The number of carbonyl (C=O) groups is 1. The minimum absolute atomic E-state index is 0.206. The van der Waals surface area contributed by atoms with E-state index in [9.17, 15) is 4.79 Å². The van der Waals surface area contributed by atoms with Crippen molar-refractivity contribution in [3.05, 3.63) is 42.2 Å². The van der Waals surface area contributed by atoms with Gasteiger partial charge >= 0.3 is 0 Å². The maximum absolute atomic E-state index is 11.0. The van der Waals surface area contributed by atoms with Crippen LogP contribution in [0.1, 0.15) is 23.7 Å². The fourth-order valence-corrected chi connectivity index (χ4v) is 1.74. The van der Waals surface area contributed by atoms with E-state index in [1.165, 1.54) is 0 Å². The van der Waals surface area contributed by atoms with E-state index >= 15 is 0 Å². The molecule has 1 amide bonds. The number of primary amides is 1. The predicted octanol–water partition coefficient (Wildman–Crippen LogP) is 1.89. The van der Waals surface area contributed by atoms with Crippen molar-refractivity contribution >= 4 is 11.6 Å². The first-order valence-electron chi connectivity index (χ1n) is 5.56. The molecule has 0 aromatic heterocycles. The van der Waals surface area contributed by atoms with Crippen LogP contribution in [0, 0.1) is 0 Å². The average Bonchev–Trinajstić information content (AvgIpc) is 2.75. The molecule has 90 valence electrons. The van der Waals surface area contributed by atoms with E-state index in [4.69, 9.17) is 10.5 Å². The summed E-state index contributed by atoms with van der Waals surface area (Å²) in [5, 5.41) is 3.25. The summed E-state index contributed by atoms with van der Waals surface area (Å²) >= 11 is 0. The summed E-state index contributed by atoms with van der Waals surface area (Å²) in [6.07, 6.45) is 4.61. The monoisotopic (exact) mass is 232 g/mol. The lowest BCUT2D eigenvalue weighted by Gasteiger charge is -2.24. The van der Waals surface area contributed by atoms with E-state index in [1.54, 1.807) is 24.5 Å². The minimum Gasteiger partial charge on any atom is -0.493 e. The Bertz CT molecular complexity index is 446. The molecule has 0 fully saturated rings. The number of hydrogen-bond donors (Lipinski definition) is 2. The molecule has 1 heterocycles. The summed E-state index contributed by atoms with van der Waals surface area (Å²) in [7, 11) is 0. The molecule has 0 saturated heterocycles. The SMILES string of the molecule is CC1(CNc2cccc(C(N)=O)c2)CC=CO1. The normalized spacial score (nSPS) is 22.2. The lowest BCUT2D eigenvalue weighted by atomic mass is 10.0. The predicted molar refractivity (Wildman–Crippen MR) is 66.7 cm³/mol. The van der Waals surface area contributed by atoms with Crippen molar-refractivity contribution in [2.75, 3.05) is 11.9 Å². The van der Waals surface area contributed by atoms with Crippen molar-refractivity contribution in [2.24, 2.45) is 5.73 Å². The first-order chi connectivity index (χ1) is 8.09. The molecule has 1 atom stereocenters. The van der Waals surface area contributed by atoms with Crippen LogP contribution >= 0.6 is 0 Å². The van der Waals surface area contributed by atoms with Gasteiger partial charge in [-0.3, -0.25) is 4.79 Å². The molecule has 2 rings (SSSR count). The average molecular weight is 232 g/mol. The Labute approximate surface area is 100 Å². The van der Waals surface area contributed by atoms with Gasteiger partial charge < -0.3 is 15.8 Å². The molecule has 0 bridgehead atoms. The summed E-state index contributed by atoms with van der Waals surface area (Å²) in [6, 6.07) is 7.15. The zero-order valence-corrected chi connectivity index (χ0v) is 9.77. The molecule has 0 aliphatic carbocycles. The molecule has 0 spiro atoms. The maximum atomic E-state index is 11.0. The number of hydrogen-bond acceptors (Lipinski definition) is 3. The Hall–Kier alpha value is -1.97. The highest BCUT2D eigenvalue weighted by Gasteiger charge is 2.26. The molecule has 17 heavy (non-hydrogen) atoms. The van der Waals surface area contributed by atoms with Gasteiger partial charge in [0.1, 0.15) is 5.60 Å². The van der Waals surface area contributed by atoms with Crippen LogP contribution < -0.4 is 11.1 Å². The van der Waals surface area contributed by atoms with Crippen molar-refractivity contribution in [3.8, 4) is 0 Å². The molecular formula is C13H16N2O2. The first-order valence-corrected chi connectivity index (χ1v) is 5.56. The van der Waals surface area contributed by atoms with E-state index in [0.29, 0.717) is 12.1 Å². The molecule has 1 aromatic carbocycles. The van der Waals surface area contributed by atoms with E-state index < -0.39 is 5.91 Å². The minimum atomic E-state index is -0.418. The molecular weight excluding hydrogens is 216 g/mol. The summed E-state index contributed by atoms with van der Waals surface area (Å²) in [4.78, 5) is 11.0. The van der Waals surface area contributed by atoms with Gasteiger partial charge in [-0.1, -0.05) is 6.07 Å². The third-order valence-electron chi connectivity index (χ3n) is 2.81. The Balaban J connectivity index is 1.99. The number of carbonyl (C=O) groups excluding carboxylic acids is 1. The molecule has 4 heteroatoms. The van der Waals surface area contributed by atoms with Gasteiger partial charge in [-0.05, 0) is 31.2 Å². The Kier molecular flexibility index (Phi) is 3.04. The summed E-state index contributed by atoms with van der Waals surface area (Å²) in [6.45, 7) is 2.72. The van der Waals surface area contributed by atoms with Crippen LogP contribution in [-0.4, -0.2) is 18.1 Å². The first kappa shape index (κ1) is 11.5. The quantitative estimate of drug-likeness (QED) is 0.833. The second-order valence-corrected chi connectivity index (χ2v) is 4.44. The van der Waals surface area contributed by atoms with Gasteiger partial charge in [0, 0.05) is 17.7 Å². The summed E-state index contributed by atoms with van der Waals surface area (Å²) < 4.78 is 5.51. The molecule has 1 unspecified atom stereocenters. The second kappa shape index (κ2) is 4.49. The maximum Gasteiger partial charge on any atom is 0.248 e. The molecule has 1 aromatic rings. The van der Waals surface area contributed by atoms with Gasteiger partial charge in [0.05, 0.1) is 12.8 Å². The second-order valence-electron chi connectivity index (χ2n) is 4.44. The summed E-state index contributed by atoms with van der Waals surface area (Å²) in [5.74, 6) is -0.418. The largest absolute Gasteiger partial charge is 0.493 e. The summed E-state index contributed by atoms with van der Waals surface area (Å²) in [5.41, 5.74) is 6.40. The lowest BCUT2D eigenvalue weighted by molar-refractivity contribution is 0.0765. The highest BCUT2D eigenvalue weighted by atomic mass is 16.5. The van der Waals surface area contributed by atoms with Crippen LogP contribution in [0.15, 0.2) is 36.6 Å². The van der Waals surface area contributed by atoms with Gasteiger partial charge in [-0.2, -0.15) is 0 Å². The van der Waals surface area contributed by atoms with Crippen molar-refractivity contribution < 1.29 is 9.53 Å². The Morgan fingerprint density at radius 1 is 1.59 bits per heavy atom. The zero-order valence-electron chi connectivity index (χ0n) is 9.77. The molecule has 1 aliphatic heterocycles. The fourth-order valence-electron chi connectivity index (χ4n) is 1.74. The van der Waals surface area contributed by atoms with Gasteiger partial charge in [0.25, 0.3) is 0 Å². The molecule has 4 nitrogen and oxygen atoms in total. The Morgan fingerprint density at radius 2 is 2.41 bits per heavy atom. The van der Waals surface area contributed by atoms with E-state index in [0.717, 1.165) is 12.1 Å². The van der Waals surface area contributed by atoms with Crippen LogP contribution in [0.2, 0.25) is 0 Å². The fraction of sp³-hybridized carbons (Fsp3) is 0.308. The number of rotatable bonds is 4. The third kappa shape index (κ3) is 2.78. The van der Waals surface area contributed by atoms with Crippen LogP contribution in [0.5, 0.6) is 0 Å². The number of anilines is 1. The molecule has 0 saturated carbocycles. The number of nitrogens with two attached hydrogens (primary N) is 1. The third-order valence-corrected chi connectivity index (χ3v) is 2.81. The molecule has 3 N–H and O–H groups in total. The number of ether oxygens (including phenoxy) is 1. The number of amides is 1. The van der Waals surface area contributed by atoms with Crippen LogP contribution in [0.25, 0.3) is 0 Å². The van der Waals surface area contributed by atoms with Crippen molar-refractivity contribution in [2.45, 2.75) is 18.9 Å². The van der Waals surface area contributed by atoms with Gasteiger partial charge in [0.15, 0.2) is 0 Å². The van der Waals surface area contributed by atoms with Crippen LogP contribution in [0.4, 0.5) is 5.69 Å². The molecule has 0 radical (unpaired) electrons. The van der Waals surface area contributed by atoms with Crippen molar-refractivity contribution in [1.82, 2.24) is 0 Å². The standard InChI is InChI=1S/C13H16N2O2/c1-13(6-3-7-17-13)9-15-11-5-2-4-10(8-11)12(14)16/h2-5,7-8,15H,6,9H2,1H3,(H2,14,16). The number of benzene rings is 1. The zero-order chi connectivity index (χ0) is 12.3. The van der Waals surface area contributed by atoms with Crippen LogP contribution in [0.3, 0.4) is 0 Å². The highest BCUT2D eigenvalue weighted by molar-refractivity contribution is 5.93. The van der Waals surface area contributed by atoms with E-state index in [1.807, 2.05) is 19.1 Å². The Morgan fingerprint density at radius 3 is 3.06 bits per heavy atom. The number of nitrogens with one attached hydrogen (secondary N) is 1. The smallest absolute Gasteiger partial charge is 0.248 e. The van der Waals surface area contributed by atoms with Gasteiger partial charge in [0.2, 0.25) is 5.91 Å². The van der Waals surface area contributed by atoms with Gasteiger partial charge in [-0.15, -0.1) is 0 Å². The lowest BCUT2D eigenvalue weighted by Crippen LogP contribution is -2.32.